The van der Waals surface area contributed by atoms with Gasteiger partial charge in [-0.05, 0) is 50.4 Å². The summed E-state index contributed by atoms with van der Waals surface area (Å²) in [7, 11) is 1.94. The fourth-order valence-electron chi connectivity index (χ4n) is 3.35. The minimum atomic E-state index is 0.104. The van der Waals surface area contributed by atoms with E-state index in [0.717, 1.165) is 36.9 Å². The molecule has 0 spiro atoms. The summed E-state index contributed by atoms with van der Waals surface area (Å²) in [5.74, 6) is 0.749. The second kappa shape index (κ2) is 8.18. The van der Waals surface area contributed by atoms with Crippen LogP contribution in [0.5, 0.6) is 0 Å². The Kier molecular flexibility index (Phi) is 6.24. The van der Waals surface area contributed by atoms with Crippen molar-refractivity contribution in [3.63, 3.8) is 0 Å². The summed E-state index contributed by atoms with van der Waals surface area (Å²) in [5, 5.41) is 6.44. The molecular formula is C18H28N2O. The number of carbonyl (C=O) groups is 1. The Morgan fingerprint density at radius 3 is 2.76 bits per heavy atom. The number of carbonyl (C=O) groups excluding carboxylic acids is 1. The maximum Gasteiger partial charge on any atom is 0.251 e. The number of hydrogen-bond acceptors (Lipinski definition) is 2. The Balaban J connectivity index is 2.05. The van der Waals surface area contributed by atoms with Gasteiger partial charge in [0.25, 0.3) is 5.91 Å². The van der Waals surface area contributed by atoms with Gasteiger partial charge in [0.15, 0.2) is 0 Å². The van der Waals surface area contributed by atoms with Crippen molar-refractivity contribution >= 4 is 5.91 Å². The van der Waals surface area contributed by atoms with Crippen LogP contribution in [0.3, 0.4) is 0 Å². The number of nitrogens with one attached hydrogen (secondary N) is 2. The van der Waals surface area contributed by atoms with Crippen molar-refractivity contribution in [2.45, 2.75) is 51.5 Å². The zero-order valence-corrected chi connectivity index (χ0v) is 13.3. The molecular weight excluding hydrogens is 260 g/mol. The first-order valence-corrected chi connectivity index (χ1v) is 8.29. The quantitative estimate of drug-likeness (QED) is 0.844. The van der Waals surface area contributed by atoms with Gasteiger partial charge in [0.1, 0.15) is 0 Å². The van der Waals surface area contributed by atoms with Crippen LogP contribution in [0.2, 0.25) is 0 Å². The summed E-state index contributed by atoms with van der Waals surface area (Å²) in [6, 6.07) is 8.33. The Labute approximate surface area is 128 Å². The summed E-state index contributed by atoms with van der Waals surface area (Å²) in [4.78, 5) is 12.6. The molecule has 0 heterocycles. The Morgan fingerprint density at radius 2 is 2.00 bits per heavy atom. The molecule has 0 bridgehead atoms. The highest BCUT2D eigenvalue weighted by atomic mass is 16.1. The molecule has 0 radical (unpaired) electrons. The van der Waals surface area contributed by atoms with Crippen molar-refractivity contribution in [3.8, 4) is 0 Å². The van der Waals surface area contributed by atoms with Crippen molar-refractivity contribution in [2.75, 3.05) is 13.6 Å². The second-order valence-electron chi connectivity index (χ2n) is 6.04. The van der Waals surface area contributed by atoms with E-state index in [1.807, 2.05) is 25.2 Å². The number of rotatable bonds is 6. The van der Waals surface area contributed by atoms with Crippen molar-refractivity contribution in [1.29, 1.82) is 0 Å². The summed E-state index contributed by atoms with van der Waals surface area (Å²) >= 11 is 0. The number of benzene rings is 1. The Morgan fingerprint density at radius 1 is 1.24 bits per heavy atom. The number of likely N-dealkylation sites (N-methyl/N-ethyl adjacent to an activating group) is 1. The largest absolute Gasteiger partial charge is 0.349 e. The lowest BCUT2D eigenvalue weighted by Gasteiger charge is -2.31. The van der Waals surface area contributed by atoms with E-state index in [0.29, 0.717) is 12.0 Å². The highest BCUT2D eigenvalue weighted by Gasteiger charge is 2.25. The van der Waals surface area contributed by atoms with Crippen LogP contribution in [0.1, 0.15) is 54.9 Å². The van der Waals surface area contributed by atoms with Crippen LogP contribution in [0, 0.1) is 5.92 Å². The van der Waals surface area contributed by atoms with Gasteiger partial charge in [0.2, 0.25) is 0 Å². The van der Waals surface area contributed by atoms with Crippen molar-refractivity contribution < 1.29 is 4.79 Å². The molecule has 1 saturated carbocycles. The molecule has 116 valence electrons. The Bertz CT molecular complexity index is 458. The lowest BCUT2D eigenvalue weighted by molar-refractivity contribution is 0.0904. The minimum Gasteiger partial charge on any atom is -0.349 e. The maximum absolute atomic E-state index is 12.6. The summed E-state index contributed by atoms with van der Waals surface area (Å²) in [6.45, 7) is 3.13. The molecule has 1 amide bonds. The molecule has 2 unspecified atom stereocenters. The van der Waals surface area contributed by atoms with Gasteiger partial charge in [-0.25, -0.2) is 0 Å². The summed E-state index contributed by atoms with van der Waals surface area (Å²) < 4.78 is 0. The van der Waals surface area contributed by atoms with Gasteiger partial charge >= 0.3 is 0 Å². The van der Waals surface area contributed by atoms with Crippen LogP contribution < -0.4 is 10.6 Å². The monoisotopic (exact) mass is 288 g/mol. The zero-order valence-electron chi connectivity index (χ0n) is 13.3. The van der Waals surface area contributed by atoms with Gasteiger partial charge in [0, 0.05) is 11.6 Å². The SMILES string of the molecule is CCC1CCCCC1NC(=O)c1ccccc1CCNC. The van der Waals surface area contributed by atoms with E-state index >= 15 is 0 Å². The van der Waals surface area contributed by atoms with Gasteiger partial charge in [-0.2, -0.15) is 0 Å². The molecule has 0 aromatic heterocycles. The van der Waals surface area contributed by atoms with Crippen LogP contribution >= 0.6 is 0 Å². The molecule has 2 atom stereocenters. The third-order valence-corrected chi connectivity index (χ3v) is 4.66. The zero-order chi connectivity index (χ0) is 15.1. The number of amides is 1. The normalized spacial score (nSPS) is 22.0. The molecule has 2 N–H and O–H groups in total. The van der Waals surface area contributed by atoms with Gasteiger partial charge in [0.05, 0.1) is 0 Å². The maximum atomic E-state index is 12.6. The fraction of sp³-hybridized carbons (Fsp3) is 0.611. The second-order valence-corrected chi connectivity index (χ2v) is 6.04. The molecule has 0 aliphatic heterocycles. The van der Waals surface area contributed by atoms with Gasteiger partial charge in [-0.1, -0.05) is 44.4 Å². The molecule has 1 aromatic rings. The molecule has 1 fully saturated rings. The third kappa shape index (κ3) is 4.31. The van der Waals surface area contributed by atoms with Crippen molar-refractivity contribution in [3.05, 3.63) is 35.4 Å². The standard InChI is InChI=1S/C18H28N2O/c1-3-14-8-5-7-11-17(14)20-18(21)16-10-6-4-9-15(16)12-13-19-2/h4,6,9-10,14,17,19H,3,5,7-8,11-13H2,1-2H3,(H,20,21). The van der Waals surface area contributed by atoms with E-state index in [-0.39, 0.29) is 5.91 Å². The predicted molar refractivity (Wildman–Crippen MR) is 87.6 cm³/mol. The fourth-order valence-corrected chi connectivity index (χ4v) is 3.35. The van der Waals surface area contributed by atoms with E-state index < -0.39 is 0 Å². The predicted octanol–water partition coefficient (Wildman–Crippen LogP) is 3.15. The van der Waals surface area contributed by atoms with E-state index in [4.69, 9.17) is 0 Å². The topological polar surface area (TPSA) is 41.1 Å². The molecule has 21 heavy (non-hydrogen) atoms. The van der Waals surface area contributed by atoms with Crippen molar-refractivity contribution in [2.24, 2.45) is 5.92 Å². The van der Waals surface area contributed by atoms with Gasteiger partial charge in [-0.3, -0.25) is 4.79 Å². The average molecular weight is 288 g/mol. The lowest BCUT2D eigenvalue weighted by atomic mass is 9.82. The van der Waals surface area contributed by atoms with E-state index in [2.05, 4.69) is 23.6 Å². The van der Waals surface area contributed by atoms with Crippen LogP contribution in [0.4, 0.5) is 0 Å². The van der Waals surface area contributed by atoms with Crippen LogP contribution in [0.15, 0.2) is 24.3 Å². The highest BCUT2D eigenvalue weighted by molar-refractivity contribution is 5.95. The summed E-state index contributed by atoms with van der Waals surface area (Å²) in [6.07, 6.45) is 6.98. The third-order valence-electron chi connectivity index (χ3n) is 4.66. The molecule has 2 rings (SSSR count). The molecule has 0 saturated heterocycles. The van der Waals surface area contributed by atoms with Crippen LogP contribution in [-0.2, 0) is 6.42 Å². The first kappa shape index (κ1) is 16.0. The van der Waals surface area contributed by atoms with Crippen LogP contribution in [0.25, 0.3) is 0 Å². The lowest BCUT2D eigenvalue weighted by Crippen LogP contribution is -2.42. The van der Waals surface area contributed by atoms with Crippen LogP contribution in [-0.4, -0.2) is 25.5 Å². The summed E-state index contributed by atoms with van der Waals surface area (Å²) in [5.41, 5.74) is 1.97. The van der Waals surface area contributed by atoms with Crippen molar-refractivity contribution in [1.82, 2.24) is 10.6 Å². The molecule has 1 aromatic carbocycles. The molecule has 1 aliphatic carbocycles. The minimum absolute atomic E-state index is 0.104. The van der Waals surface area contributed by atoms with E-state index in [1.165, 1.54) is 19.3 Å². The van der Waals surface area contributed by atoms with Gasteiger partial charge in [-0.15, -0.1) is 0 Å². The van der Waals surface area contributed by atoms with E-state index in [1.54, 1.807) is 0 Å². The Hall–Kier alpha value is -1.35. The van der Waals surface area contributed by atoms with E-state index in [9.17, 15) is 4.79 Å². The average Bonchev–Trinajstić information content (AvgIpc) is 2.53. The smallest absolute Gasteiger partial charge is 0.251 e. The first-order chi connectivity index (χ1) is 10.3. The first-order valence-electron chi connectivity index (χ1n) is 8.29. The number of hydrogen-bond donors (Lipinski definition) is 2. The molecule has 3 heteroatoms. The highest BCUT2D eigenvalue weighted by Crippen LogP contribution is 2.27. The molecule has 3 nitrogen and oxygen atoms in total. The van der Waals surface area contributed by atoms with Gasteiger partial charge < -0.3 is 10.6 Å². The molecule has 1 aliphatic rings.